The van der Waals surface area contributed by atoms with Crippen LogP contribution in [0.15, 0.2) is 0 Å². The van der Waals surface area contributed by atoms with Crippen molar-refractivity contribution in [3.05, 3.63) is 16.4 Å². The van der Waals surface area contributed by atoms with Gasteiger partial charge in [0, 0.05) is 19.2 Å². The van der Waals surface area contributed by atoms with Crippen LogP contribution in [0, 0.1) is 5.92 Å². The Bertz CT molecular complexity index is 402. The number of aliphatic hydroxyl groups excluding tert-OH is 1. The highest BCUT2D eigenvalue weighted by Crippen LogP contribution is 2.25. The summed E-state index contributed by atoms with van der Waals surface area (Å²) in [5, 5.41) is 17.9. The molecule has 1 aromatic heterocycles. The van der Waals surface area contributed by atoms with Crippen LogP contribution in [0.5, 0.6) is 0 Å². The molecule has 2 N–H and O–H groups in total. The predicted molar refractivity (Wildman–Crippen MR) is 79.5 cm³/mol. The minimum atomic E-state index is -0.245. The van der Waals surface area contributed by atoms with Crippen molar-refractivity contribution in [2.45, 2.75) is 52.7 Å². The summed E-state index contributed by atoms with van der Waals surface area (Å²) >= 11 is 6.28. The van der Waals surface area contributed by atoms with Gasteiger partial charge in [-0.25, -0.2) is 0 Å². The molecule has 0 fully saturated rings. The summed E-state index contributed by atoms with van der Waals surface area (Å²) in [6.07, 6.45) is 0.565. The van der Waals surface area contributed by atoms with E-state index in [9.17, 15) is 5.11 Å². The van der Waals surface area contributed by atoms with Gasteiger partial charge in [0.05, 0.1) is 11.8 Å². The van der Waals surface area contributed by atoms with Gasteiger partial charge < -0.3 is 10.4 Å². The van der Waals surface area contributed by atoms with Gasteiger partial charge in [-0.1, -0.05) is 32.4 Å². The Morgan fingerprint density at radius 2 is 1.95 bits per heavy atom. The molecule has 19 heavy (non-hydrogen) atoms. The van der Waals surface area contributed by atoms with E-state index in [0.29, 0.717) is 17.0 Å². The molecule has 0 amide bonds. The van der Waals surface area contributed by atoms with Crippen molar-refractivity contribution in [2.24, 2.45) is 13.0 Å². The summed E-state index contributed by atoms with van der Waals surface area (Å²) in [5.74, 6) is 0.809. The zero-order valence-electron chi connectivity index (χ0n) is 12.6. The normalized spacial score (nSPS) is 14.9. The summed E-state index contributed by atoms with van der Waals surface area (Å²) in [4.78, 5) is 0. The van der Waals surface area contributed by atoms with Crippen LogP contribution < -0.4 is 5.32 Å². The minimum absolute atomic E-state index is 0.245. The van der Waals surface area contributed by atoms with E-state index in [1.54, 1.807) is 4.68 Å². The lowest BCUT2D eigenvalue weighted by atomic mass is 10.0. The van der Waals surface area contributed by atoms with Crippen LogP contribution in [0.2, 0.25) is 5.15 Å². The van der Waals surface area contributed by atoms with E-state index in [2.05, 4.69) is 31.2 Å². The van der Waals surface area contributed by atoms with Crippen molar-refractivity contribution in [3.8, 4) is 0 Å². The molecular weight excluding hydrogens is 262 g/mol. The second-order valence-electron chi connectivity index (χ2n) is 5.75. The maximum atomic E-state index is 9.34. The van der Waals surface area contributed by atoms with Crippen LogP contribution in [0.3, 0.4) is 0 Å². The number of aliphatic hydroxyl groups is 1. The fraction of sp³-hybridized carbons (Fsp3) is 0.786. The Hall–Kier alpha value is -0.580. The highest BCUT2D eigenvalue weighted by molar-refractivity contribution is 6.30. The summed E-state index contributed by atoms with van der Waals surface area (Å²) in [6.45, 7) is 9.80. The SMILES string of the molecule is CC(O)CC(C)CNCc1c(C(C)C)nn(C)c1Cl. The van der Waals surface area contributed by atoms with E-state index in [1.807, 2.05) is 14.0 Å². The molecule has 2 unspecified atom stereocenters. The van der Waals surface area contributed by atoms with Crippen molar-refractivity contribution >= 4 is 11.6 Å². The monoisotopic (exact) mass is 287 g/mol. The molecule has 0 aliphatic heterocycles. The van der Waals surface area contributed by atoms with Gasteiger partial charge in [0.15, 0.2) is 0 Å². The van der Waals surface area contributed by atoms with Crippen LogP contribution in [0.4, 0.5) is 0 Å². The number of halogens is 1. The Morgan fingerprint density at radius 1 is 1.32 bits per heavy atom. The summed E-state index contributed by atoms with van der Waals surface area (Å²) in [7, 11) is 1.87. The maximum Gasteiger partial charge on any atom is 0.131 e. The van der Waals surface area contributed by atoms with E-state index >= 15 is 0 Å². The number of hydrogen-bond donors (Lipinski definition) is 2. The smallest absolute Gasteiger partial charge is 0.131 e. The molecule has 0 saturated carbocycles. The molecule has 110 valence electrons. The number of rotatable bonds is 7. The van der Waals surface area contributed by atoms with E-state index in [4.69, 9.17) is 11.6 Å². The first-order valence-electron chi connectivity index (χ1n) is 6.93. The van der Waals surface area contributed by atoms with Gasteiger partial charge in [0.2, 0.25) is 0 Å². The van der Waals surface area contributed by atoms with Gasteiger partial charge in [-0.2, -0.15) is 5.10 Å². The number of hydrogen-bond acceptors (Lipinski definition) is 3. The van der Waals surface area contributed by atoms with Gasteiger partial charge >= 0.3 is 0 Å². The fourth-order valence-electron chi connectivity index (χ4n) is 2.30. The number of nitrogens with zero attached hydrogens (tertiary/aromatic N) is 2. The lowest BCUT2D eigenvalue weighted by molar-refractivity contribution is 0.163. The molecule has 0 saturated heterocycles. The average molecular weight is 288 g/mol. The molecule has 5 heteroatoms. The molecular formula is C14H26ClN3O. The van der Waals surface area contributed by atoms with Crippen LogP contribution in [0.25, 0.3) is 0 Å². The van der Waals surface area contributed by atoms with E-state index in [0.717, 1.165) is 30.8 Å². The molecule has 1 aromatic rings. The quantitative estimate of drug-likeness (QED) is 0.811. The topological polar surface area (TPSA) is 50.1 Å². The number of aromatic nitrogens is 2. The van der Waals surface area contributed by atoms with E-state index in [-0.39, 0.29) is 6.10 Å². The van der Waals surface area contributed by atoms with Crippen LogP contribution in [-0.4, -0.2) is 27.5 Å². The zero-order chi connectivity index (χ0) is 14.6. The van der Waals surface area contributed by atoms with Crippen LogP contribution in [-0.2, 0) is 13.6 Å². The first-order valence-corrected chi connectivity index (χ1v) is 7.30. The largest absolute Gasteiger partial charge is 0.393 e. The first-order chi connectivity index (χ1) is 8.82. The Balaban J connectivity index is 2.58. The highest BCUT2D eigenvalue weighted by atomic mass is 35.5. The Morgan fingerprint density at radius 3 is 2.47 bits per heavy atom. The zero-order valence-corrected chi connectivity index (χ0v) is 13.3. The van der Waals surface area contributed by atoms with Gasteiger partial charge in [0.1, 0.15) is 5.15 Å². The Kier molecular flexibility index (Phi) is 6.30. The van der Waals surface area contributed by atoms with E-state index in [1.165, 1.54) is 0 Å². The van der Waals surface area contributed by atoms with Crippen LogP contribution in [0.1, 0.15) is 51.3 Å². The molecule has 2 atom stereocenters. The molecule has 0 aliphatic rings. The van der Waals surface area contributed by atoms with Crippen molar-refractivity contribution in [1.29, 1.82) is 0 Å². The van der Waals surface area contributed by atoms with E-state index < -0.39 is 0 Å². The molecule has 0 aromatic carbocycles. The third kappa shape index (κ3) is 4.79. The minimum Gasteiger partial charge on any atom is -0.393 e. The summed E-state index contributed by atoms with van der Waals surface area (Å²) < 4.78 is 1.73. The molecule has 0 bridgehead atoms. The van der Waals surface area contributed by atoms with Crippen molar-refractivity contribution < 1.29 is 5.11 Å². The second-order valence-corrected chi connectivity index (χ2v) is 6.11. The van der Waals surface area contributed by atoms with Crippen molar-refractivity contribution in [3.63, 3.8) is 0 Å². The Labute approximate surface area is 121 Å². The molecule has 0 radical (unpaired) electrons. The average Bonchev–Trinajstić information content (AvgIpc) is 2.56. The van der Waals surface area contributed by atoms with Crippen molar-refractivity contribution in [2.75, 3.05) is 6.54 Å². The third-order valence-corrected chi connectivity index (χ3v) is 3.66. The van der Waals surface area contributed by atoms with Gasteiger partial charge in [-0.05, 0) is 31.7 Å². The molecule has 0 spiro atoms. The third-order valence-electron chi connectivity index (χ3n) is 3.18. The molecule has 1 heterocycles. The molecule has 4 nitrogen and oxygen atoms in total. The number of nitrogens with one attached hydrogen (secondary N) is 1. The summed E-state index contributed by atoms with van der Waals surface area (Å²) in [5.41, 5.74) is 2.14. The summed E-state index contributed by atoms with van der Waals surface area (Å²) in [6, 6.07) is 0. The molecule has 0 aliphatic carbocycles. The highest BCUT2D eigenvalue weighted by Gasteiger charge is 2.17. The van der Waals surface area contributed by atoms with Crippen LogP contribution >= 0.6 is 11.6 Å². The number of aryl methyl sites for hydroxylation is 1. The van der Waals surface area contributed by atoms with Crippen molar-refractivity contribution in [1.82, 2.24) is 15.1 Å². The molecule has 1 rings (SSSR count). The van der Waals surface area contributed by atoms with Gasteiger partial charge in [-0.15, -0.1) is 0 Å². The standard InChI is InChI=1S/C14H26ClN3O/c1-9(2)13-12(14(15)18(5)17-13)8-16-7-10(3)6-11(4)19/h9-11,16,19H,6-8H2,1-5H3. The van der Waals surface area contributed by atoms with Gasteiger partial charge in [-0.3, -0.25) is 4.68 Å². The first kappa shape index (κ1) is 16.5. The maximum absolute atomic E-state index is 9.34. The lowest BCUT2D eigenvalue weighted by Gasteiger charge is -2.14. The second kappa shape index (κ2) is 7.27. The fourth-order valence-corrected chi connectivity index (χ4v) is 2.50. The lowest BCUT2D eigenvalue weighted by Crippen LogP contribution is -2.23. The predicted octanol–water partition coefficient (Wildman–Crippen LogP) is 2.69. The van der Waals surface area contributed by atoms with Gasteiger partial charge in [0.25, 0.3) is 0 Å².